The highest BCUT2D eigenvalue weighted by atomic mass is 15.3. The van der Waals surface area contributed by atoms with Crippen molar-refractivity contribution >= 4 is 11.5 Å². The Bertz CT molecular complexity index is 807. The third kappa shape index (κ3) is 1.97. The number of rotatable bonds is 2. The minimum Gasteiger partial charge on any atom is -0.365 e. The molecule has 0 spiro atoms. The lowest BCUT2D eigenvalue weighted by atomic mass is 10.1. The first-order valence-electron chi connectivity index (χ1n) is 7.14. The highest BCUT2D eigenvalue weighted by molar-refractivity contribution is 5.51. The van der Waals surface area contributed by atoms with Gasteiger partial charge in [0.15, 0.2) is 5.65 Å². The van der Waals surface area contributed by atoms with Gasteiger partial charge in [0, 0.05) is 17.8 Å². The molecule has 5 nitrogen and oxygen atoms in total. The minimum atomic E-state index is 0.000263. The molecule has 0 radical (unpaired) electrons. The average Bonchev–Trinajstić information content (AvgIpc) is 3.05. The highest BCUT2D eigenvalue weighted by Crippen LogP contribution is 2.31. The number of aryl methyl sites for hydroxylation is 1. The fraction of sp³-hybridized carbons (Fsp3) is 0.250. The number of hydrogen-bond acceptors (Lipinski definition) is 4. The van der Waals surface area contributed by atoms with Gasteiger partial charge in [-0.25, -0.2) is 4.98 Å². The van der Waals surface area contributed by atoms with Gasteiger partial charge in [0.1, 0.15) is 5.82 Å². The summed E-state index contributed by atoms with van der Waals surface area (Å²) in [6, 6.07) is 12.5. The molecule has 3 N–H and O–H groups in total. The lowest BCUT2D eigenvalue weighted by Crippen LogP contribution is -2.30. The standard InChI is InChI=1S/C16H17N5/c1-10-8-15(21-14(19-10)6-7-18-21)20-13-9-11-4-2-3-5-12(11)16(13)17/h2-8,13,16,20H,9,17H2,1H3/t13-,16-/m0/s1. The van der Waals surface area contributed by atoms with Crippen molar-refractivity contribution in [2.45, 2.75) is 25.4 Å². The number of nitrogens with two attached hydrogens (primary N) is 1. The van der Waals surface area contributed by atoms with Crippen LogP contribution in [0.3, 0.4) is 0 Å². The Balaban J connectivity index is 1.69. The summed E-state index contributed by atoms with van der Waals surface area (Å²) in [5.74, 6) is 0.941. The van der Waals surface area contributed by atoms with Crippen molar-refractivity contribution in [3.05, 3.63) is 59.4 Å². The van der Waals surface area contributed by atoms with Gasteiger partial charge in [-0.3, -0.25) is 0 Å². The quantitative estimate of drug-likeness (QED) is 0.753. The molecule has 106 valence electrons. The number of anilines is 1. The molecule has 0 bridgehead atoms. The first kappa shape index (κ1) is 12.3. The average molecular weight is 279 g/mol. The van der Waals surface area contributed by atoms with Crippen molar-refractivity contribution in [2.75, 3.05) is 5.32 Å². The zero-order valence-electron chi connectivity index (χ0n) is 11.8. The third-order valence-electron chi connectivity index (χ3n) is 4.11. The predicted octanol–water partition coefficient (Wildman–Crippen LogP) is 2.07. The van der Waals surface area contributed by atoms with Crippen LogP contribution in [0.4, 0.5) is 5.82 Å². The van der Waals surface area contributed by atoms with E-state index in [0.717, 1.165) is 23.6 Å². The maximum atomic E-state index is 6.39. The Labute approximate surface area is 122 Å². The summed E-state index contributed by atoms with van der Waals surface area (Å²) in [5, 5.41) is 7.87. The Kier molecular flexibility index (Phi) is 2.68. The lowest BCUT2D eigenvalue weighted by molar-refractivity contribution is 0.624. The molecule has 21 heavy (non-hydrogen) atoms. The topological polar surface area (TPSA) is 68.2 Å². The van der Waals surface area contributed by atoms with Crippen molar-refractivity contribution in [3.63, 3.8) is 0 Å². The van der Waals surface area contributed by atoms with Gasteiger partial charge in [0.25, 0.3) is 0 Å². The van der Waals surface area contributed by atoms with E-state index in [1.54, 1.807) is 6.20 Å². The molecule has 2 aromatic heterocycles. The Morgan fingerprint density at radius 3 is 3.00 bits per heavy atom. The molecule has 1 aliphatic carbocycles. The van der Waals surface area contributed by atoms with Crippen molar-refractivity contribution < 1.29 is 0 Å². The van der Waals surface area contributed by atoms with Gasteiger partial charge >= 0.3 is 0 Å². The fourth-order valence-electron chi connectivity index (χ4n) is 3.10. The van der Waals surface area contributed by atoms with Crippen LogP contribution in [-0.2, 0) is 6.42 Å². The van der Waals surface area contributed by atoms with E-state index < -0.39 is 0 Å². The summed E-state index contributed by atoms with van der Waals surface area (Å²) in [7, 11) is 0. The summed E-state index contributed by atoms with van der Waals surface area (Å²) in [6.45, 7) is 1.99. The zero-order valence-corrected chi connectivity index (χ0v) is 11.8. The molecule has 0 saturated heterocycles. The summed E-state index contributed by atoms with van der Waals surface area (Å²) in [4.78, 5) is 4.46. The molecule has 0 unspecified atom stereocenters. The first-order valence-corrected chi connectivity index (χ1v) is 7.14. The third-order valence-corrected chi connectivity index (χ3v) is 4.11. The zero-order chi connectivity index (χ0) is 14.4. The number of fused-ring (bicyclic) bond motifs is 2. The first-order chi connectivity index (χ1) is 10.2. The number of nitrogens with one attached hydrogen (secondary N) is 1. The van der Waals surface area contributed by atoms with Crippen LogP contribution in [0.2, 0.25) is 0 Å². The Morgan fingerprint density at radius 1 is 1.29 bits per heavy atom. The number of hydrogen-bond donors (Lipinski definition) is 2. The molecule has 1 aliphatic rings. The van der Waals surface area contributed by atoms with Crippen LogP contribution in [0.1, 0.15) is 22.9 Å². The SMILES string of the molecule is Cc1cc(N[C@H]2Cc3ccccc3[C@@H]2N)n2nccc2n1. The lowest BCUT2D eigenvalue weighted by Gasteiger charge is -2.20. The fourth-order valence-corrected chi connectivity index (χ4v) is 3.10. The minimum absolute atomic E-state index is 0.000263. The molecule has 3 aromatic rings. The Morgan fingerprint density at radius 2 is 2.14 bits per heavy atom. The van der Waals surface area contributed by atoms with Gasteiger partial charge in [-0.05, 0) is 24.5 Å². The maximum absolute atomic E-state index is 6.39. The molecule has 0 fully saturated rings. The van der Waals surface area contributed by atoms with E-state index in [1.165, 1.54) is 11.1 Å². The largest absolute Gasteiger partial charge is 0.365 e. The van der Waals surface area contributed by atoms with E-state index >= 15 is 0 Å². The van der Waals surface area contributed by atoms with Crippen LogP contribution in [-0.4, -0.2) is 20.6 Å². The van der Waals surface area contributed by atoms with Gasteiger partial charge in [-0.15, -0.1) is 0 Å². The smallest absolute Gasteiger partial charge is 0.157 e. The number of nitrogens with zero attached hydrogens (tertiary/aromatic N) is 3. The van der Waals surface area contributed by atoms with Gasteiger partial charge < -0.3 is 11.1 Å². The van der Waals surface area contributed by atoms with E-state index in [2.05, 4.69) is 33.6 Å². The summed E-state index contributed by atoms with van der Waals surface area (Å²) in [6.07, 6.45) is 2.69. The summed E-state index contributed by atoms with van der Waals surface area (Å²) < 4.78 is 1.82. The van der Waals surface area contributed by atoms with Crippen LogP contribution in [0.15, 0.2) is 42.6 Å². The monoisotopic (exact) mass is 279 g/mol. The van der Waals surface area contributed by atoms with E-state index in [9.17, 15) is 0 Å². The van der Waals surface area contributed by atoms with Crippen LogP contribution in [0.25, 0.3) is 5.65 Å². The molecule has 5 heteroatoms. The normalized spacial score (nSPS) is 20.7. The van der Waals surface area contributed by atoms with Crippen LogP contribution in [0.5, 0.6) is 0 Å². The Hall–Kier alpha value is -2.40. The van der Waals surface area contributed by atoms with E-state index in [4.69, 9.17) is 5.73 Å². The molecule has 0 amide bonds. The summed E-state index contributed by atoms with van der Waals surface area (Å²) in [5.41, 5.74) is 10.8. The van der Waals surface area contributed by atoms with Crippen molar-refractivity contribution in [1.29, 1.82) is 0 Å². The molecule has 0 aliphatic heterocycles. The van der Waals surface area contributed by atoms with E-state index in [-0.39, 0.29) is 12.1 Å². The van der Waals surface area contributed by atoms with Crippen LogP contribution >= 0.6 is 0 Å². The molecule has 0 saturated carbocycles. The van der Waals surface area contributed by atoms with Crippen LogP contribution < -0.4 is 11.1 Å². The second-order valence-corrected chi connectivity index (χ2v) is 5.56. The van der Waals surface area contributed by atoms with Crippen molar-refractivity contribution in [1.82, 2.24) is 14.6 Å². The molecule has 1 aromatic carbocycles. The van der Waals surface area contributed by atoms with Gasteiger partial charge in [-0.1, -0.05) is 24.3 Å². The van der Waals surface area contributed by atoms with E-state index in [0.29, 0.717) is 0 Å². The molecular weight excluding hydrogens is 262 g/mol. The van der Waals surface area contributed by atoms with Crippen molar-refractivity contribution in [2.24, 2.45) is 5.73 Å². The molecular formula is C16H17N5. The molecule has 2 atom stereocenters. The molecule has 2 heterocycles. The summed E-state index contributed by atoms with van der Waals surface area (Å²) >= 11 is 0. The van der Waals surface area contributed by atoms with Crippen LogP contribution in [0, 0.1) is 6.92 Å². The number of benzene rings is 1. The molecule has 4 rings (SSSR count). The van der Waals surface area contributed by atoms with E-state index in [1.807, 2.05) is 29.6 Å². The highest BCUT2D eigenvalue weighted by Gasteiger charge is 2.29. The van der Waals surface area contributed by atoms with Crippen molar-refractivity contribution in [3.8, 4) is 0 Å². The second kappa shape index (κ2) is 4.56. The predicted molar refractivity (Wildman–Crippen MR) is 82.2 cm³/mol. The second-order valence-electron chi connectivity index (χ2n) is 5.56. The maximum Gasteiger partial charge on any atom is 0.157 e. The number of aromatic nitrogens is 3. The van der Waals surface area contributed by atoms with Gasteiger partial charge in [-0.2, -0.15) is 9.61 Å². The van der Waals surface area contributed by atoms with Gasteiger partial charge in [0.2, 0.25) is 0 Å². The van der Waals surface area contributed by atoms with Gasteiger partial charge in [0.05, 0.1) is 18.3 Å².